The summed E-state index contributed by atoms with van der Waals surface area (Å²) in [6, 6.07) is 0. The number of ether oxygens (including phenoxy) is 5. The van der Waals surface area contributed by atoms with Gasteiger partial charge in [0.25, 0.3) is 0 Å². The molecule has 0 aliphatic carbocycles. The molecule has 0 aromatic rings. The van der Waals surface area contributed by atoms with Crippen LogP contribution in [0.4, 0.5) is 0 Å². The van der Waals surface area contributed by atoms with E-state index in [9.17, 15) is 56.2 Å². The van der Waals surface area contributed by atoms with E-state index in [0.717, 1.165) is 0 Å². The fourth-order valence-electron chi connectivity index (χ4n) is 4.06. The van der Waals surface area contributed by atoms with Crippen LogP contribution in [0.15, 0.2) is 0 Å². The second kappa shape index (κ2) is 11.6. The highest BCUT2D eigenvalue weighted by molar-refractivity contribution is 4.96. The van der Waals surface area contributed by atoms with Crippen LogP contribution in [0.1, 0.15) is 0 Å². The molecule has 11 N–H and O–H groups in total. The van der Waals surface area contributed by atoms with Crippen LogP contribution < -0.4 is 0 Å². The minimum atomic E-state index is -1.91. The number of hydrogen-bond acceptors (Lipinski definition) is 16. The first-order valence-corrected chi connectivity index (χ1v) is 10.6. The van der Waals surface area contributed by atoms with Gasteiger partial charge in [-0.15, -0.1) is 0 Å². The number of aliphatic hydroxyl groups excluding tert-OH is 11. The molecule has 16 heteroatoms. The van der Waals surface area contributed by atoms with Gasteiger partial charge in [-0.2, -0.15) is 0 Å². The molecule has 3 aliphatic rings. The zero-order valence-electron chi connectivity index (χ0n) is 17.7. The van der Waals surface area contributed by atoms with Gasteiger partial charge < -0.3 is 79.9 Å². The Morgan fingerprint density at radius 3 is 1.35 bits per heavy atom. The van der Waals surface area contributed by atoms with Crippen LogP contribution in [0.5, 0.6) is 0 Å². The van der Waals surface area contributed by atoms with E-state index < -0.39 is 112 Å². The highest BCUT2D eigenvalue weighted by atomic mass is 16.8. The Hall–Kier alpha value is -0.640. The lowest BCUT2D eigenvalue weighted by Crippen LogP contribution is -2.66. The maximum atomic E-state index is 10.6. The number of hydrogen-bond donors (Lipinski definition) is 11. The van der Waals surface area contributed by atoms with Crippen LogP contribution in [0.3, 0.4) is 0 Å². The minimum Gasteiger partial charge on any atom is -0.394 e. The van der Waals surface area contributed by atoms with Crippen molar-refractivity contribution in [1.82, 2.24) is 0 Å². The topological polar surface area (TPSA) is 269 Å². The van der Waals surface area contributed by atoms with Crippen LogP contribution in [-0.4, -0.2) is 168 Å². The molecule has 0 aromatic carbocycles. The molecular weight excluding hydrogens is 472 g/mol. The third kappa shape index (κ3) is 5.37. The van der Waals surface area contributed by atoms with Crippen molar-refractivity contribution in [2.45, 2.75) is 92.1 Å². The van der Waals surface area contributed by atoms with E-state index in [1.54, 1.807) is 0 Å². The van der Waals surface area contributed by atoms with E-state index in [-0.39, 0.29) is 0 Å². The zero-order valence-corrected chi connectivity index (χ0v) is 17.7. The number of rotatable bonds is 7. The van der Waals surface area contributed by atoms with Gasteiger partial charge in [0.15, 0.2) is 18.9 Å². The second-order valence-electron chi connectivity index (χ2n) is 8.33. The van der Waals surface area contributed by atoms with Crippen LogP contribution >= 0.6 is 0 Å². The van der Waals surface area contributed by atoms with Gasteiger partial charge in [-0.3, -0.25) is 0 Å². The van der Waals surface area contributed by atoms with E-state index in [4.69, 9.17) is 23.7 Å². The van der Waals surface area contributed by atoms with Crippen molar-refractivity contribution < 1.29 is 79.9 Å². The summed E-state index contributed by atoms with van der Waals surface area (Å²) in [5, 5.41) is 109. The van der Waals surface area contributed by atoms with Gasteiger partial charge in [0, 0.05) is 0 Å². The lowest BCUT2D eigenvalue weighted by atomic mass is 9.96. The molecule has 16 nitrogen and oxygen atoms in total. The van der Waals surface area contributed by atoms with Gasteiger partial charge in [0.1, 0.15) is 73.2 Å². The molecule has 1 unspecified atom stereocenters. The fraction of sp³-hybridized carbons (Fsp3) is 1.00. The van der Waals surface area contributed by atoms with Gasteiger partial charge in [-0.05, 0) is 0 Å². The Balaban J connectivity index is 1.72. The van der Waals surface area contributed by atoms with Gasteiger partial charge in [0.2, 0.25) is 0 Å². The molecular formula is C18H32O16. The molecule has 0 saturated carbocycles. The van der Waals surface area contributed by atoms with Crippen LogP contribution in [-0.2, 0) is 23.7 Å². The highest BCUT2D eigenvalue weighted by Gasteiger charge is 2.53. The summed E-state index contributed by atoms with van der Waals surface area (Å²) in [6.45, 7) is -2.32. The average molecular weight is 504 g/mol. The van der Waals surface area contributed by atoms with E-state index in [0.29, 0.717) is 0 Å². The fourth-order valence-corrected chi connectivity index (χ4v) is 4.06. The maximum Gasteiger partial charge on any atom is 0.187 e. The van der Waals surface area contributed by atoms with Gasteiger partial charge in [0.05, 0.1) is 19.8 Å². The average Bonchev–Trinajstić information content (AvgIpc) is 2.83. The maximum absolute atomic E-state index is 10.6. The first kappa shape index (κ1) is 27.9. The van der Waals surface area contributed by atoms with Crippen LogP contribution in [0.2, 0.25) is 0 Å². The molecule has 0 radical (unpaired) electrons. The molecule has 0 aromatic heterocycles. The zero-order chi connectivity index (χ0) is 25.3. The second-order valence-corrected chi connectivity index (χ2v) is 8.33. The summed E-state index contributed by atoms with van der Waals surface area (Å²) in [5.41, 5.74) is 0. The summed E-state index contributed by atoms with van der Waals surface area (Å²) < 4.78 is 26.4. The first-order valence-electron chi connectivity index (χ1n) is 10.6. The van der Waals surface area contributed by atoms with Crippen molar-refractivity contribution in [3.63, 3.8) is 0 Å². The van der Waals surface area contributed by atoms with Crippen molar-refractivity contribution in [1.29, 1.82) is 0 Å². The molecule has 15 atom stereocenters. The van der Waals surface area contributed by atoms with Crippen LogP contribution in [0.25, 0.3) is 0 Å². The third-order valence-corrected chi connectivity index (χ3v) is 6.09. The molecule has 200 valence electrons. The smallest absolute Gasteiger partial charge is 0.187 e. The molecule has 3 heterocycles. The Labute approximate surface area is 192 Å². The van der Waals surface area contributed by atoms with Gasteiger partial charge >= 0.3 is 0 Å². The van der Waals surface area contributed by atoms with Crippen molar-refractivity contribution in [3.05, 3.63) is 0 Å². The predicted octanol–water partition coefficient (Wildman–Crippen LogP) is -7.57. The summed E-state index contributed by atoms with van der Waals surface area (Å²) >= 11 is 0. The molecule has 0 amide bonds. The molecule has 3 fully saturated rings. The van der Waals surface area contributed by atoms with Crippen molar-refractivity contribution in [3.8, 4) is 0 Å². The van der Waals surface area contributed by atoms with Crippen LogP contribution in [0, 0.1) is 0 Å². The molecule has 0 bridgehead atoms. The van der Waals surface area contributed by atoms with Gasteiger partial charge in [-0.25, -0.2) is 0 Å². The largest absolute Gasteiger partial charge is 0.394 e. The molecule has 3 aliphatic heterocycles. The van der Waals surface area contributed by atoms with E-state index in [1.165, 1.54) is 0 Å². The monoisotopic (exact) mass is 504 g/mol. The normalized spacial score (nSPS) is 52.5. The minimum absolute atomic E-state index is 0.741. The summed E-state index contributed by atoms with van der Waals surface area (Å²) in [7, 11) is 0. The molecule has 34 heavy (non-hydrogen) atoms. The quantitative estimate of drug-likeness (QED) is 0.154. The number of aliphatic hydroxyl groups is 11. The first-order chi connectivity index (χ1) is 16.0. The lowest BCUT2D eigenvalue weighted by molar-refractivity contribution is -0.377. The summed E-state index contributed by atoms with van der Waals surface area (Å²) in [5.74, 6) is 0. The lowest BCUT2D eigenvalue weighted by Gasteiger charge is -2.47. The predicted molar refractivity (Wildman–Crippen MR) is 101 cm³/mol. The van der Waals surface area contributed by atoms with E-state index in [2.05, 4.69) is 0 Å². The Bertz CT molecular complexity index is 635. The van der Waals surface area contributed by atoms with Crippen molar-refractivity contribution >= 4 is 0 Å². The summed E-state index contributed by atoms with van der Waals surface area (Å²) in [4.78, 5) is 0. The van der Waals surface area contributed by atoms with Gasteiger partial charge in [-0.1, -0.05) is 0 Å². The Morgan fingerprint density at radius 2 is 0.853 bits per heavy atom. The SMILES string of the molecule is OC[C@H]1O[C@H](O[C@H]2[C@H](O)[C@H](O)[C@@H](O[C@H]3[C@H](O)[C@H](O)C(O)O[C@@H]3CO)O[C@@H]2CO)[C@@H](O)[C@@H](O)[C@@H]1O. The molecule has 0 spiro atoms. The standard InChI is InChI=1S/C18H32O16/c19-1-4-7(22)8(23)12(27)17(31-4)34-15-6(3-21)32-18(13(28)10(15)25)33-14-5(2-20)30-16(29)11(26)9(14)24/h4-29H,1-3H2/t4-,5-,6-,7-,8+,9-,10-,11+,12+,13+,14-,15-,16?,17-,18-/m1/s1. The summed E-state index contributed by atoms with van der Waals surface area (Å²) in [6.07, 6.45) is -25.1. The Morgan fingerprint density at radius 1 is 0.441 bits per heavy atom. The van der Waals surface area contributed by atoms with Crippen molar-refractivity contribution in [2.75, 3.05) is 19.8 Å². The van der Waals surface area contributed by atoms with Crippen molar-refractivity contribution in [2.24, 2.45) is 0 Å². The Kier molecular flexibility index (Phi) is 9.54. The molecule has 3 saturated heterocycles. The third-order valence-electron chi connectivity index (χ3n) is 6.09. The highest BCUT2D eigenvalue weighted by Crippen LogP contribution is 2.32. The van der Waals surface area contributed by atoms with E-state index in [1.807, 2.05) is 0 Å². The molecule has 3 rings (SSSR count). The van der Waals surface area contributed by atoms with E-state index >= 15 is 0 Å².